The molecule has 9 nitrogen and oxygen atoms in total. The molecule has 3 aliphatic rings. The van der Waals surface area contributed by atoms with Gasteiger partial charge in [-0.3, -0.25) is 19.3 Å². The molecule has 1 saturated heterocycles. The molecule has 33 heavy (non-hydrogen) atoms. The fourth-order valence-electron chi connectivity index (χ4n) is 5.69. The molecule has 3 fully saturated rings. The zero-order valence-electron chi connectivity index (χ0n) is 19.3. The summed E-state index contributed by atoms with van der Waals surface area (Å²) in [5, 5.41) is 2.63. The van der Waals surface area contributed by atoms with Crippen LogP contribution in [-0.4, -0.2) is 55.5 Å². The van der Waals surface area contributed by atoms with E-state index in [2.05, 4.69) is 5.32 Å². The molecule has 4 rings (SSSR count). The number of amides is 3. The van der Waals surface area contributed by atoms with Gasteiger partial charge in [0.05, 0.1) is 31.7 Å². The first-order valence-electron chi connectivity index (χ1n) is 11.3. The first-order chi connectivity index (χ1) is 15.8. The molecule has 1 aromatic carbocycles. The molecule has 0 unspecified atom stereocenters. The number of carbonyl (C=O) groups excluding carboxylic acids is 4. The second kappa shape index (κ2) is 9.03. The maximum atomic E-state index is 13.1. The number of imide groups is 1. The lowest BCUT2D eigenvalue weighted by Gasteiger charge is -2.28. The Hall–Kier alpha value is -3.10. The molecule has 2 saturated carbocycles. The maximum Gasteiger partial charge on any atom is 0.330 e. The quantitative estimate of drug-likeness (QED) is 0.470. The van der Waals surface area contributed by atoms with E-state index >= 15 is 0 Å². The predicted octanol–water partition coefficient (Wildman–Crippen LogP) is 2.24. The average Bonchev–Trinajstić information content (AvgIpc) is 3.48. The lowest BCUT2D eigenvalue weighted by Crippen LogP contribution is -2.50. The van der Waals surface area contributed by atoms with Crippen molar-refractivity contribution in [1.82, 2.24) is 4.90 Å². The first kappa shape index (κ1) is 23.1. The van der Waals surface area contributed by atoms with Crippen molar-refractivity contribution >= 4 is 29.4 Å². The van der Waals surface area contributed by atoms with E-state index in [4.69, 9.17) is 14.2 Å². The van der Waals surface area contributed by atoms with Gasteiger partial charge in [-0.05, 0) is 49.1 Å². The van der Waals surface area contributed by atoms with Gasteiger partial charge in [0.15, 0.2) is 6.61 Å². The Morgan fingerprint density at radius 1 is 1.06 bits per heavy atom. The molecular formula is C24H30N2O7. The van der Waals surface area contributed by atoms with Crippen LogP contribution in [-0.2, 0) is 23.9 Å². The van der Waals surface area contributed by atoms with Crippen molar-refractivity contribution in [2.75, 3.05) is 26.1 Å². The van der Waals surface area contributed by atoms with Crippen molar-refractivity contribution in [2.45, 2.75) is 39.2 Å². The molecule has 178 valence electrons. The number of anilines is 1. The highest BCUT2D eigenvalue weighted by Crippen LogP contribution is 2.56. The van der Waals surface area contributed by atoms with Crippen LogP contribution < -0.4 is 14.8 Å². The number of fused-ring (bicyclic) bond motifs is 5. The van der Waals surface area contributed by atoms with Crippen LogP contribution in [0.25, 0.3) is 0 Å². The van der Waals surface area contributed by atoms with Crippen LogP contribution in [0.3, 0.4) is 0 Å². The lowest BCUT2D eigenvalue weighted by molar-refractivity contribution is -0.162. The standard InChI is InChI=1S/C24H30N2O7/c1-12(2)21(26-22(28)19-13-5-6-14(9-13)20(19)23(26)29)24(30)33-11-18(27)25-16-8-7-15(31-3)10-17(16)32-4/h7-8,10,12-14,19-21H,5-6,9,11H2,1-4H3,(H,25,27)/t13-,14-,19-,20-,21-/m0/s1. The predicted molar refractivity (Wildman–Crippen MR) is 117 cm³/mol. The van der Waals surface area contributed by atoms with E-state index in [0.29, 0.717) is 17.2 Å². The SMILES string of the molecule is COc1ccc(NC(=O)COC(=O)[C@H](C(C)C)N2C(=O)[C@H]3[C@H]4CC[C@@H](C4)[C@@H]3C2=O)c(OC)c1. The minimum absolute atomic E-state index is 0.232. The van der Waals surface area contributed by atoms with Crippen molar-refractivity contribution < 1.29 is 33.4 Å². The normalized spacial score (nSPS) is 26.4. The van der Waals surface area contributed by atoms with Crippen LogP contribution in [0.15, 0.2) is 18.2 Å². The molecular weight excluding hydrogens is 428 g/mol. The van der Waals surface area contributed by atoms with E-state index < -0.39 is 24.5 Å². The Morgan fingerprint density at radius 3 is 2.24 bits per heavy atom. The van der Waals surface area contributed by atoms with Crippen LogP contribution >= 0.6 is 0 Å². The number of benzene rings is 1. The molecule has 9 heteroatoms. The van der Waals surface area contributed by atoms with E-state index in [1.54, 1.807) is 32.0 Å². The molecule has 0 radical (unpaired) electrons. The van der Waals surface area contributed by atoms with Crippen LogP contribution in [0.5, 0.6) is 11.5 Å². The zero-order chi connectivity index (χ0) is 23.9. The molecule has 3 amide bonds. The topological polar surface area (TPSA) is 111 Å². The number of methoxy groups -OCH3 is 2. The van der Waals surface area contributed by atoms with Gasteiger partial charge in [-0.1, -0.05) is 13.8 Å². The fourth-order valence-corrected chi connectivity index (χ4v) is 5.69. The maximum absolute atomic E-state index is 13.1. The highest BCUT2D eigenvalue weighted by molar-refractivity contribution is 6.08. The number of carbonyl (C=O) groups is 4. The van der Waals surface area contributed by atoms with Crippen LogP contribution in [0.2, 0.25) is 0 Å². The van der Waals surface area contributed by atoms with E-state index in [0.717, 1.165) is 24.2 Å². The van der Waals surface area contributed by atoms with Gasteiger partial charge in [-0.25, -0.2) is 4.79 Å². The van der Waals surface area contributed by atoms with Gasteiger partial charge in [-0.2, -0.15) is 0 Å². The summed E-state index contributed by atoms with van der Waals surface area (Å²) in [5.74, 6) is -1.39. The van der Waals surface area contributed by atoms with E-state index in [-0.39, 0.29) is 41.4 Å². The third-order valence-electron chi connectivity index (χ3n) is 7.14. The summed E-state index contributed by atoms with van der Waals surface area (Å²) >= 11 is 0. The summed E-state index contributed by atoms with van der Waals surface area (Å²) in [6.45, 7) is 2.97. The Labute approximate surface area is 192 Å². The number of ether oxygens (including phenoxy) is 3. The summed E-state index contributed by atoms with van der Waals surface area (Å²) in [5.41, 5.74) is 0.396. The molecule has 5 atom stereocenters. The Bertz CT molecular complexity index is 948. The van der Waals surface area contributed by atoms with Crippen molar-refractivity contribution in [2.24, 2.45) is 29.6 Å². The van der Waals surface area contributed by atoms with E-state index in [1.165, 1.54) is 14.2 Å². The van der Waals surface area contributed by atoms with Crippen molar-refractivity contribution in [3.8, 4) is 11.5 Å². The number of likely N-dealkylation sites (tertiary alicyclic amines) is 1. The third-order valence-corrected chi connectivity index (χ3v) is 7.14. The van der Waals surface area contributed by atoms with Gasteiger partial charge < -0.3 is 19.5 Å². The van der Waals surface area contributed by atoms with Gasteiger partial charge in [0.2, 0.25) is 11.8 Å². The highest BCUT2D eigenvalue weighted by Gasteiger charge is 2.62. The van der Waals surface area contributed by atoms with Crippen molar-refractivity contribution in [3.05, 3.63) is 18.2 Å². The molecule has 1 N–H and O–H groups in total. The summed E-state index contributed by atoms with van der Waals surface area (Å²) < 4.78 is 15.6. The van der Waals surface area contributed by atoms with Crippen LogP contribution in [0.4, 0.5) is 5.69 Å². The number of esters is 1. The Balaban J connectivity index is 1.41. The van der Waals surface area contributed by atoms with E-state index in [9.17, 15) is 19.2 Å². The minimum Gasteiger partial charge on any atom is -0.497 e. The molecule has 0 spiro atoms. The Kier molecular flexibility index (Phi) is 6.32. The van der Waals surface area contributed by atoms with Crippen molar-refractivity contribution in [1.29, 1.82) is 0 Å². The molecule has 0 aromatic heterocycles. The summed E-state index contributed by atoms with van der Waals surface area (Å²) in [6, 6.07) is 3.85. The second-order valence-electron chi connectivity index (χ2n) is 9.34. The lowest BCUT2D eigenvalue weighted by atomic mass is 9.81. The largest absolute Gasteiger partial charge is 0.497 e. The van der Waals surface area contributed by atoms with Crippen LogP contribution in [0, 0.1) is 29.6 Å². The van der Waals surface area contributed by atoms with Gasteiger partial charge in [0, 0.05) is 6.07 Å². The van der Waals surface area contributed by atoms with Gasteiger partial charge in [0.1, 0.15) is 17.5 Å². The molecule has 1 aromatic rings. The molecule has 2 bridgehead atoms. The average molecular weight is 459 g/mol. The van der Waals surface area contributed by atoms with Crippen LogP contribution in [0.1, 0.15) is 33.1 Å². The minimum atomic E-state index is -1.04. The highest BCUT2D eigenvalue weighted by atomic mass is 16.5. The van der Waals surface area contributed by atoms with Gasteiger partial charge in [-0.15, -0.1) is 0 Å². The zero-order valence-corrected chi connectivity index (χ0v) is 19.3. The number of nitrogens with one attached hydrogen (secondary N) is 1. The van der Waals surface area contributed by atoms with Gasteiger partial charge in [0.25, 0.3) is 5.91 Å². The smallest absolute Gasteiger partial charge is 0.330 e. The molecule has 2 aliphatic carbocycles. The summed E-state index contributed by atoms with van der Waals surface area (Å²) in [6.07, 6.45) is 2.85. The van der Waals surface area contributed by atoms with E-state index in [1.807, 2.05) is 0 Å². The first-order valence-corrected chi connectivity index (χ1v) is 11.3. The monoisotopic (exact) mass is 458 g/mol. The number of nitrogens with zero attached hydrogens (tertiary/aromatic N) is 1. The number of hydrogen-bond donors (Lipinski definition) is 1. The molecule has 1 heterocycles. The number of rotatable bonds is 8. The molecule has 1 aliphatic heterocycles. The number of hydrogen-bond acceptors (Lipinski definition) is 7. The van der Waals surface area contributed by atoms with Gasteiger partial charge >= 0.3 is 5.97 Å². The third kappa shape index (κ3) is 4.05. The fraction of sp³-hybridized carbons (Fsp3) is 0.583. The summed E-state index contributed by atoms with van der Waals surface area (Å²) in [7, 11) is 2.98. The summed E-state index contributed by atoms with van der Waals surface area (Å²) in [4.78, 5) is 52.7. The van der Waals surface area contributed by atoms with Crippen molar-refractivity contribution in [3.63, 3.8) is 0 Å². The second-order valence-corrected chi connectivity index (χ2v) is 9.34. The Morgan fingerprint density at radius 2 is 1.70 bits per heavy atom.